The fourth-order valence-electron chi connectivity index (χ4n) is 4.47. The van der Waals surface area contributed by atoms with Crippen molar-refractivity contribution in [3.05, 3.63) is 54.5 Å². The Morgan fingerprint density at radius 3 is 2.73 bits per heavy atom. The number of ether oxygens (including phenoxy) is 2. The molecule has 1 aliphatic heterocycles. The lowest BCUT2D eigenvalue weighted by atomic mass is 9.69. The molecule has 3 aromatic rings. The van der Waals surface area contributed by atoms with Crippen LogP contribution in [0.4, 0.5) is 5.82 Å². The fourth-order valence-corrected chi connectivity index (χ4v) is 5.80. The van der Waals surface area contributed by atoms with Crippen molar-refractivity contribution in [3.8, 4) is 17.1 Å². The van der Waals surface area contributed by atoms with E-state index < -0.39 is 32.5 Å². The van der Waals surface area contributed by atoms with Crippen LogP contribution in [-0.2, 0) is 25.0 Å². The molecule has 4 heterocycles. The van der Waals surface area contributed by atoms with Gasteiger partial charge in [-0.1, -0.05) is 0 Å². The molecule has 1 saturated carbocycles. The molecule has 5 rings (SSSR count). The Morgan fingerprint density at radius 1 is 1.19 bits per heavy atom. The number of nitrogens with zero attached hydrogens (tertiary/aromatic N) is 5. The highest BCUT2D eigenvalue weighted by atomic mass is 32.2. The zero-order valence-corrected chi connectivity index (χ0v) is 21.0. The van der Waals surface area contributed by atoms with Gasteiger partial charge in [-0.15, -0.1) is 0 Å². The molecular formula is C24H27N7O5S. The zero-order valence-electron chi connectivity index (χ0n) is 20.2. The first-order valence-corrected chi connectivity index (χ1v) is 13.5. The summed E-state index contributed by atoms with van der Waals surface area (Å²) in [6.45, 7) is 2.76. The summed E-state index contributed by atoms with van der Waals surface area (Å²) in [6, 6.07) is 5.06. The summed E-state index contributed by atoms with van der Waals surface area (Å²) in [5.74, 6) is -0.593. The fraction of sp³-hybridized carbons (Fsp3) is 0.417. The second kappa shape index (κ2) is 9.98. The standard InChI is InChI=1S/C24H27N7O5S/c1-2-36-21-13-26-12-19(29-21)15-3-6-18(28-11-15)17-14-35-10-8-24(17,22(25)32)23-27-9-7-20(30-23)31-37(33,34)16-4-5-16/h3,6-7,9,11-13,16-17H,2,4-5,8,10,14H2,1H3,(H2,25,32)(H,27,30,31). The average Bonchev–Trinajstić information content (AvgIpc) is 3.76. The number of pyridine rings is 1. The van der Waals surface area contributed by atoms with Crippen LogP contribution in [0.15, 0.2) is 43.0 Å². The van der Waals surface area contributed by atoms with E-state index in [4.69, 9.17) is 15.2 Å². The number of carbonyl (C=O) groups is 1. The van der Waals surface area contributed by atoms with Crippen molar-refractivity contribution in [1.29, 1.82) is 0 Å². The molecule has 37 heavy (non-hydrogen) atoms. The molecule has 0 aromatic carbocycles. The summed E-state index contributed by atoms with van der Waals surface area (Å²) in [6.07, 6.45) is 7.65. The van der Waals surface area contributed by atoms with E-state index in [0.29, 0.717) is 42.3 Å². The number of sulfonamides is 1. The van der Waals surface area contributed by atoms with E-state index >= 15 is 0 Å². The van der Waals surface area contributed by atoms with E-state index in [1.54, 1.807) is 18.5 Å². The van der Waals surface area contributed by atoms with E-state index in [0.717, 1.165) is 0 Å². The van der Waals surface area contributed by atoms with Crippen LogP contribution < -0.4 is 15.2 Å². The normalized spacial score (nSPS) is 21.8. The van der Waals surface area contributed by atoms with Crippen LogP contribution in [0.1, 0.15) is 43.6 Å². The van der Waals surface area contributed by atoms with Crippen LogP contribution in [0, 0.1) is 0 Å². The second-order valence-corrected chi connectivity index (χ2v) is 10.9. The van der Waals surface area contributed by atoms with Crippen LogP contribution >= 0.6 is 0 Å². The molecule has 2 aliphatic rings. The first-order chi connectivity index (χ1) is 17.8. The average molecular weight is 526 g/mol. The van der Waals surface area contributed by atoms with Gasteiger partial charge in [0.05, 0.1) is 36.6 Å². The summed E-state index contributed by atoms with van der Waals surface area (Å²) in [5.41, 5.74) is 6.51. The number of primary amides is 1. The van der Waals surface area contributed by atoms with Crippen molar-refractivity contribution in [2.45, 2.75) is 42.8 Å². The SMILES string of the molecule is CCOc1cncc(-c2ccc(C3COCCC3(C(N)=O)c3nccc(NS(=O)(=O)C4CC4)n3)nc2)n1. The molecule has 2 unspecified atom stereocenters. The highest BCUT2D eigenvalue weighted by Gasteiger charge is 2.52. The molecule has 2 atom stereocenters. The molecule has 1 amide bonds. The molecule has 3 aromatic heterocycles. The summed E-state index contributed by atoms with van der Waals surface area (Å²) in [5, 5.41) is -0.423. The van der Waals surface area contributed by atoms with E-state index in [-0.39, 0.29) is 31.3 Å². The highest BCUT2D eigenvalue weighted by Crippen LogP contribution is 2.43. The van der Waals surface area contributed by atoms with Crippen molar-refractivity contribution in [1.82, 2.24) is 24.9 Å². The third kappa shape index (κ3) is 4.96. The van der Waals surface area contributed by atoms with Crippen LogP contribution in [0.25, 0.3) is 11.3 Å². The Labute approximate surface area is 214 Å². The van der Waals surface area contributed by atoms with Gasteiger partial charge in [0.1, 0.15) is 17.1 Å². The molecule has 3 N–H and O–H groups in total. The molecule has 13 heteroatoms. The van der Waals surface area contributed by atoms with Crippen molar-refractivity contribution in [2.75, 3.05) is 24.5 Å². The monoisotopic (exact) mass is 525 g/mol. The van der Waals surface area contributed by atoms with Gasteiger partial charge < -0.3 is 15.2 Å². The summed E-state index contributed by atoms with van der Waals surface area (Å²) >= 11 is 0. The largest absolute Gasteiger partial charge is 0.477 e. The van der Waals surface area contributed by atoms with Gasteiger partial charge in [-0.3, -0.25) is 19.5 Å². The number of anilines is 1. The second-order valence-electron chi connectivity index (χ2n) is 8.97. The first kappa shape index (κ1) is 25.0. The molecule has 0 radical (unpaired) electrons. The number of hydrogen-bond acceptors (Lipinski definition) is 10. The van der Waals surface area contributed by atoms with Crippen LogP contribution in [-0.4, -0.2) is 64.3 Å². The lowest BCUT2D eigenvalue weighted by molar-refractivity contribution is -0.129. The lowest BCUT2D eigenvalue weighted by Gasteiger charge is -2.40. The minimum Gasteiger partial charge on any atom is -0.477 e. The Bertz CT molecular complexity index is 1400. The molecular weight excluding hydrogens is 498 g/mol. The Kier molecular flexibility index (Phi) is 6.73. The van der Waals surface area contributed by atoms with Gasteiger partial charge in [-0.25, -0.2) is 23.4 Å². The van der Waals surface area contributed by atoms with E-state index in [9.17, 15) is 13.2 Å². The number of aromatic nitrogens is 5. The van der Waals surface area contributed by atoms with Crippen LogP contribution in [0.5, 0.6) is 5.88 Å². The third-order valence-corrected chi connectivity index (χ3v) is 8.41. The Hall–Kier alpha value is -3.71. The van der Waals surface area contributed by atoms with E-state index in [2.05, 4.69) is 29.6 Å². The highest BCUT2D eigenvalue weighted by molar-refractivity contribution is 7.93. The Balaban J connectivity index is 1.48. The van der Waals surface area contributed by atoms with Gasteiger partial charge in [0.15, 0.2) is 0 Å². The zero-order chi connectivity index (χ0) is 26.0. The molecule has 0 bridgehead atoms. The summed E-state index contributed by atoms with van der Waals surface area (Å²) in [7, 11) is -3.54. The maximum Gasteiger partial charge on any atom is 0.236 e. The quantitative estimate of drug-likeness (QED) is 0.417. The lowest BCUT2D eigenvalue weighted by Crippen LogP contribution is -2.52. The van der Waals surface area contributed by atoms with Gasteiger partial charge in [0.2, 0.25) is 21.8 Å². The number of amides is 1. The van der Waals surface area contributed by atoms with Crippen molar-refractivity contribution in [2.24, 2.45) is 5.73 Å². The van der Waals surface area contributed by atoms with E-state index in [1.165, 1.54) is 18.5 Å². The van der Waals surface area contributed by atoms with E-state index in [1.807, 2.05) is 13.0 Å². The smallest absolute Gasteiger partial charge is 0.236 e. The molecule has 12 nitrogen and oxygen atoms in total. The molecule has 194 valence electrons. The number of hydrogen-bond donors (Lipinski definition) is 2. The summed E-state index contributed by atoms with van der Waals surface area (Å²) < 4.78 is 38.5. The number of nitrogens with one attached hydrogen (secondary N) is 1. The third-order valence-electron chi connectivity index (χ3n) is 6.57. The van der Waals surface area contributed by atoms with Crippen LogP contribution in [0.2, 0.25) is 0 Å². The minimum absolute atomic E-state index is 0.0961. The predicted octanol–water partition coefficient (Wildman–Crippen LogP) is 1.56. The van der Waals surface area contributed by atoms with Crippen molar-refractivity contribution >= 4 is 21.7 Å². The van der Waals surface area contributed by atoms with Gasteiger partial charge >= 0.3 is 0 Å². The Morgan fingerprint density at radius 2 is 2.03 bits per heavy atom. The van der Waals surface area contributed by atoms with Gasteiger partial charge in [0, 0.05) is 36.2 Å². The first-order valence-electron chi connectivity index (χ1n) is 12.0. The number of nitrogens with two attached hydrogens (primary N) is 1. The number of carbonyl (C=O) groups excluding carboxylic acids is 1. The molecule has 1 saturated heterocycles. The van der Waals surface area contributed by atoms with Crippen molar-refractivity contribution in [3.63, 3.8) is 0 Å². The molecule has 2 fully saturated rings. The topological polar surface area (TPSA) is 172 Å². The van der Waals surface area contributed by atoms with Crippen LogP contribution in [0.3, 0.4) is 0 Å². The molecule has 0 spiro atoms. The van der Waals surface area contributed by atoms with Crippen molar-refractivity contribution < 1.29 is 22.7 Å². The minimum atomic E-state index is -3.54. The number of rotatable bonds is 9. The van der Waals surface area contributed by atoms with Gasteiger partial charge in [-0.2, -0.15) is 0 Å². The van der Waals surface area contributed by atoms with Gasteiger partial charge in [0.25, 0.3) is 0 Å². The maximum absolute atomic E-state index is 13.1. The predicted molar refractivity (Wildman–Crippen MR) is 133 cm³/mol. The maximum atomic E-state index is 13.1. The molecule has 1 aliphatic carbocycles. The summed E-state index contributed by atoms with van der Waals surface area (Å²) in [4.78, 5) is 35.0. The van der Waals surface area contributed by atoms with Gasteiger partial charge in [-0.05, 0) is 44.4 Å².